The van der Waals surface area contributed by atoms with Gasteiger partial charge in [0, 0.05) is 21.2 Å². The van der Waals surface area contributed by atoms with E-state index in [1.807, 2.05) is 30.3 Å². The van der Waals surface area contributed by atoms with Crippen molar-refractivity contribution in [1.29, 1.82) is 4.78 Å². The molecule has 3 atom stereocenters. The molecule has 2 rings (SSSR count). The monoisotopic (exact) mass is 428 g/mol. The van der Waals surface area contributed by atoms with Crippen molar-refractivity contribution >= 4 is 15.7 Å². The molecule has 0 aromatic heterocycles. The molecule has 158 valence electrons. The predicted octanol–water partition coefficient (Wildman–Crippen LogP) is 4.24. The van der Waals surface area contributed by atoms with Crippen molar-refractivity contribution in [2.24, 2.45) is 5.73 Å². The van der Waals surface area contributed by atoms with Crippen LogP contribution in [0, 0.1) is 4.78 Å². The lowest BCUT2D eigenvalue weighted by Crippen LogP contribution is -2.32. The van der Waals surface area contributed by atoms with Crippen molar-refractivity contribution in [1.82, 2.24) is 0 Å². The van der Waals surface area contributed by atoms with Gasteiger partial charge in [-0.1, -0.05) is 54.6 Å². The fraction of sp³-hybridized carbons (Fsp3) is 0.350. The summed E-state index contributed by atoms with van der Waals surface area (Å²) in [6.07, 6.45) is -5.29. The molecule has 0 aliphatic heterocycles. The molecule has 2 aromatic carbocycles. The third-order valence-electron chi connectivity index (χ3n) is 4.63. The molecule has 0 bridgehead atoms. The number of hydrogen-bond donors (Lipinski definition) is 3. The topological polar surface area (TPSA) is 104 Å². The Hall–Kier alpha value is -2.39. The maximum atomic E-state index is 13.6. The number of aliphatic carboxylic acids is 1. The van der Waals surface area contributed by atoms with Crippen molar-refractivity contribution in [3.63, 3.8) is 0 Å². The molecule has 0 amide bonds. The van der Waals surface area contributed by atoms with E-state index in [0.29, 0.717) is 0 Å². The summed E-state index contributed by atoms with van der Waals surface area (Å²) in [5.41, 5.74) is 7.01. The predicted molar refractivity (Wildman–Crippen MR) is 106 cm³/mol. The molecule has 0 aliphatic rings. The molecule has 0 fully saturated rings. The minimum Gasteiger partial charge on any atom is -0.480 e. The zero-order valence-electron chi connectivity index (χ0n) is 15.6. The summed E-state index contributed by atoms with van der Waals surface area (Å²) in [6, 6.07) is 13.9. The highest BCUT2D eigenvalue weighted by atomic mass is 32.2. The first-order chi connectivity index (χ1) is 13.5. The van der Waals surface area contributed by atoms with E-state index in [9.17, 15) is 22.2 Å². The Bertz CT molecular complexity index is 914. The second-order valence-electron chi connectivity index (χ2n) is 6.82. The van der Waals surface area contributed by atoms with Crippen LogP contribution < -0.4 is 5.73 Å². The largest absolute Gasteiger partial charge is 0.480 e. The Morgan fingerprint density at radius 2 is 1.52 bits per heavy atom. The number of halogens is 3. The summed E-state index contributed by atoms with van der Waals surface area (Å²) in [4.78, 5) is 10.7. The molecule has 4 N–H and O–H groups in total. The molecule has 0 spiro atoms. The van der Waals surface area contributed by atoms with Crippen molar-refractivity contribution in [2.75, 3.05) is 11.5 Å². The molecule has 2 unspecified atom stereocenters. The Balaban J connectivity index is 2.11. The average Bonchev–Trinajstić information content (AvgIpc) is 2.66. The minimum absolute atomic E-state index is 0.0367. The fourth-order valence-electron chi connectivity index (χ4n) is 2.91. The zero-order chi connectivity index (χ0) is 21.7. The molecule has 0 heterocycles. The van der Waals surface area contributed by atoms with Crippen LogP contribution in [0.2, 0.25) is 0 Å². The van der Waals surface area contributed by atoms with Crippen molar-refractivity contribution < 1.29 is 27.3 Å². The number of nitrogens with two attached hydrogens (primary N) is 1. The molecule has 29 heavy (non-hydrogen) atoms. The SMILES string of the molecule is N=S(=O)(CCC(c1ccc(-c2ccccc2)cc1)C(F)(F)F)CC[C@H](N)C(=O)O. The van der Waals surface area contributed by atoms with Gasteiger partial charge in [0.1, 0.15) is 6.04 Å². The molecule has 9 heteroatoms. The lowest BCUT2D eigenvalue weighted by Gasteiger charge is -2.22. The molecule has 0 saturated carbocycles. The van der Waals surface area contributed by atoms with Gasteiger partial charge in [0.05, 0.1) is 5.92 Å². The normalized spacial score (nSPS) is 16.0. The highest BCUT2D eigenvalue weighted by Gasteiger charge is 2.40. The number of rotatable bonds is 9. The summed E-state index contributed by atoms with van der Waals surface area (Å²) in [6.45, 7) is 0. The van der Waals surface area contributed by atoms with Crippen molar-refractivity contribution in [3.05, 3.63) is 60.2 Å². The summed E-state index contributed by atoms with van der Waals surface area (Å²) >= 11 is 0. The molecule has 2 aromatic rings. The minimum atomic E-state index is -4.55. The zero-order valence-corrected chi connectivity index (χ0v) is 16.4. The number of nitrogens with one attached hydrogen (secondary N) is 1. The smallest absolute Gasteiger partial charge is 0.395 e. The molecular formula is C20H23F3N2O3S. The van der Waals surface area contributed by atoms with Crippen LogP contribution in [0.25, 0.3) is 11.1 Å². The van der Waals surface area contributed by atoms with Gasteiger partial charge < -0.3 is 10.8 Å². The average molecular weight is 428 g/mol. The first-order valence-corrected chi connectivity index (χ1v) is 10.8. The molecule has 0 saturated heterocycles. The Morgan fingerprint density at radius 1 is 1.00 bits per heavy atom. The van der Waals surface area contributed by atoms with Crippen molar-refractivity contribution in [2.45, 2.75) is 31.0 Å². The van der Waals surface area contributed by atoms with Crippen LogP contribution in [-0.4, -0.2) is 39.0 Å². The van der Waals surface area contributed by atoms with Gasteiger partial charge in [-0.3, -0.25) is 9.57 Å². The number of hydrogen-bond acceptors (Lipinski definition) is 4. The summed E-state index contributed by atoms with van der Waals surface area (Å²) in [5, 5.41) is 8.73. The number of carboxylic acids is 1. The van der Waals surface area contributed by atoms with Gasteiger partial charge in [0.2, 0.25) is 0 Å². The number of carbonyl (C=O) groups is 1. The van der Waals surface area contributed by atoms with E-state index in [1.165, 1.54) is 12.1 Å². The van der Waals surface area contributed by atoms with Gasteiger partial charge in [-0.25, -0.2) is 4.21 Å². The second-order valence-corrected chi connectivity index (χ2v) is 9.26. The van der Waals surface area contributed by atoms with Gasteiger partial charge >= 0.3 is 12.1 Å². The second kappa shape index (κ2) is 9.41. The third kappa shape index (κ3) is 6.86. The lowest BCUT2D eigenvalue weighted by atomic mass is 9.94. The van der Waals surface area contributed by atoms with Crippen LogP contribution in [0.3, 0.4) is 0 Å². The molecular weight excluding hydrogens is 405 g/mol. The number of alkyl halides is 3. The first-order valence-electron chi connectivity index (χ1n) is 8.94. The number of carboxylic acid groups (broad SMARTS) is 1. The van der Waals surface area contributed by atoms with E-state index in [-0.39, 0.29) is 17.7 Å². The van der Waals surface area contributed by atoms with Crippen LogP contribution in [0.1, 0.15) is 24.3 Å². The molecule has 0 radical (unpaired) electrons. The van der Waals surface area contributed by atoms with Crippen LogP contribution >= 0.6 is 0 Å². The summed E-state index contributed by atoms with van der Waals surface area (Å²) < 4.78 is 60.8. The van der Waals surface area contributed by atoms with Crippen LogP contribution in [-0.2, 0) is 14.5 Å². The standard InChI is InChI=1S/C20H23F3N2O3S/c21-20(22,23)17(10-12-29(25,28)13-11-18(24)19(26)27)16-8-6-15(7-9-16)14-4-2-1-3-5-14/h1-9,17-18,25H,10-13,24H2,(H,26,27)/t17?,18-,29?/m0/s1. The van der Waals surface area contributed by atoms with Crippen molar-refractivity contribution in [3.8, 4) is 11.1 Å². The van der Waals surface area contributed by atoms with E-state index in [2.05, 4.69) is 0 Å². The Labute approximate surface area is 167 Å². The molecule has 5 nitrogen and oxygen atoms in total. The van der Waals surface area contributed by atoms with Crippen LogP contribution in [0.15, 0.2) is 54.6 Å². The number of benzene rings is 2. The maximum absolute atomic E-state index is 13.6. The highest BCUT2D eigenvalue weighted by Crippen LogP contribution is 2.38. The van der Waals surface area contributed by atoms with E-state index in [4.69, 9.17) is 15.6 Å². The van der Waals surface area contributed by atoms with Crippen LogP contribution in [0.4, 0.5) is 13.2 Å². The van der Waals surface area contributed by atoms with Gasteiger partial charge in [0.25, 0.3) is 0 Å². The van der Waals surface area contributed by atoms with Gasteiger partial charge in [-0.05, 0) is 29.5 Å². The fourth-order valence-corrected chi connectivity index (χ4v) is 4.36. The van der Waals surface area contributed by atoms with Gasteiger partial charge in [0.15, 0.2) is 0 Å². The van der Waals surface area contributed by atoms with E-state index >= 15 is 0 Å². The highest BCUT2D eigenvalue weighted by molar-refractivity contribution is 7.92. The van der Waals surface area contributed by atoms with Gasteiger partial charge in [-0.2, -0.15) is 13.2 Å². The van der Waals surface area contributed by atoms with Gasteiger partial charge in [-0.15, -0.1) is 0 Å². The lowest BCUT2D eigenvalue weighted by molar-refractivity contribution is -0.150. The van der Waals surface area contributed by atoms with E-state index in [0.717, 1.165) is 11.1 Å². The first kappa shape index (κ1) is 22.9. The Kier molecular flexibility index (Phi) is 7.43. The van der Waals surface area contributed by atoms with Crippen LogP contribution in [0.5, 0.6) is 0 Å². The quantitative estimate of drug-likeness (QED) is 0.556. The Morgan fingerprint density at radius 3 is 2.03 bits per heavy atom. The summed E-state index contributed by atoms with van der Waals surface area (Å²) in [5.74, 6) is -3.99. The van der Waals surface area contributed by atoms with E-state index < -0.39 is 46.0 Å². The summed E-state index contributed by atoms with van der Waals surface area (Å²) in [7, 11) is -3.37. The molecule has 0 aliphatic carbocycles. The maximum Gasteiger partial charge on any atom is 0.395 e. The third-order valence-corrected chi connectivity index (χ3v) is 6.42. The van der Waals surface area contributed by atoms with E-state index in [1.54, 1.807) is 12.1 Å².